The summed E-state index contributed by atoms with van der Waals surface area (Å²) in [6.07, 6.45) is -6.24. The van der Waals surface area contributed by atoms with E-state index in [1.165, 1.54) is 12.3 Å². The number of ether oxygens (including phenoxy) is 2. The number of anilines is 1. The molecule has 0 aliphatic heterocycles. The number of halogens is 5. The number of nitrogens with zero attached hydrogens (tertiary/aromatic N) is 2. The van der Waals surface area contributed by atoms with E-state index in [0.29, 0.717) is 35.3 Å². The molecular weight excluding hydrogens is 569 g/mol. The topological polar surface area (TPSA) is 121 Å². The molecule has 0 atom stereocenters. The molecule has 1 aliphatic carbocycles. The van der Waals surface area contributed by atoms with E-state index in [-0.39, 0.29) is 40.7 Å². The normalized spacial score (nSPS) is 17.1. The second kappa shape index (κ2) is 11.7. The number of rotatable bonds is 7. The number of fused-ring (bicyclic) bond motifs is 1. The molecular formula is C28H28F5N3O6. The van der Waals surface area contributed by atoms with Gasteiger partial charge >= 0.3 is 18.4 Å². The Balaban J connectivity index is 1.51. The Bertz CT molecular complexity index is 1500. The highest BCUT2D eigenvalue weighted by molar-refractivity contribution is 6.09. The monoisotopic (exact) mass is 597 g/mol. The lowest BCUT2D eigenvalue weighted by atomic mass is 9.88. The van der Waals surface area contributed by atoms with Crippen LogP contribution in [0.15, 0.2) is 36.5 Å². The van der Waals surface area contributed by atoms with Gasteiger partial charge in [-0.3, -0.25) is 0 Å². The molecule has 0 unspecified atom stereocenters. The number of nitrogens with one attached hydrogen (secondary N) is 1. The smallest absolute Gasteiger partial charge is 0.425 e. The molecule has 9 nitrogen and oxygen atoms in total. The van der Waals surface area contributed by atoms with Crippen molar-refractivity contribution < 1.29 is 51.2 Å². The maximum absolute atomic E-state index is 15.2. The molecule has 3 N–H and O–H groups in total. The van der Waals surface area contributed by atoms with Crippen molar-refractivity contribution in [2.24, 2.45) is 0 Å². The molecule has 2 aromatic carbocycles. The van der Waals surface area contributed by atoms with Gasteiger partial charge in [0.15, 0.2) is 0 Å². The van der Waals surface area contributed by atoms with E-state index in [9.17, 15) is 37.4 Å². The zero-order valence-corrected chi connectivity index (χ0v) is 22.8. The first-order chi connectivity index (χ1) is 19.6. The predicted octanol–water partition coefficient (Wildman–Crippen LogP) is 6.14. The molecule has 0 bridgehead atoms. The average molecular weight is 598 g/mol. The van der Waals surface area contributed by atoms with E-state index in [2.05, 4.69) is 10.3 Å². The largest absolute Gasteiger partial charge is 0.490 e. The van der Waals surface area contributed by atoms with Crippen LogP contribution in [0, 0.1) is 11.6 Å². The molecule has 4 rings (SSSR count). The molecule has 1 aliphatic rings. The number of hydrogen-bond acceptors (Lipinski definition) is 7. The summed E-state index contributed by atoms with van der Waals surface area (Å²) < 4.78 is 78.4. The molecule has 1 aromatic heterocycles. The van der Waals surface area contributed by atoms with Crippen LogP contribution in [0.5, 0.6) is 5.75 Å². The van der Waals surface area contributed by atoms with E-state index in [1.54, 1.807) is 20.8 Å². The number of hydrogen-bond donors (Lipinski definition) is 3. The van der Waals surface area contributed by atoms with Crippen LogP contribution in [0.3, 0.4) is 0 Å². The van der Waals surface area contributed by atoms with Crippen molar-refractivity contribution in [1.82, 2.24) is 10.3 Å². The van der Waals surface area contributed by atoms with Crippen molar-refractivity contribution in [2.45, 2.75) is 70.7 Å². The third-order valence-electron chi connectivity index (χ3n) is 6.52. The number of amides is 2. The number of benzene rings is 2. The van der Waals surface area contributed by atoms with Gasteiger partial charge in [-0.1, -0.05) is 0 Å². The Morgan fingerprint density at radius 1 is 1.07 bits per heavy atom. The third kappa shape index (κ3) is 6.87. The summed E-state index contributed by atoms with van der Waals surface area (Å²) in [5.74, 6) is -2.57. The van der Waals surface area contributed by atoms with Crippen LogP contribution in [0.2, 0.25) is 0 Å². The van der Waals surface area contributed by atoms with Crippen molar-refractivity contribution in [3.05, 3.63) is 64.9 Å². The quantitative estimate of drug-likeness (QED) is 0.278. The van der Waals surface area contributed by atoms with Crippen molar-refractivity contribution in [2.75, 3.05) is 4.90 Å². The zero-order chi connectivity index (χ0) is 31.0. The Hall–Kier alpha value is -4.04. The minimum atomic E-state index is -4.87. The van der Waals surface area contributed by atoms with Gasteiger partial charge in [-0.05, 0) is 74.9 Å². The average Bonchev–Trinajstić information content (AvgIpc) is 2.84. The van der Waals surface area contributed by atoms with Gasteiger partial charge in [-0.2, -0.15) is 18.1 Å². The number of carbonyl (C=O) groups is 2. The number of aliphatic hydroxyl groups is 1. The molecule has 1 saturated carbocycles. The van der Waals surface area contributed by atoms with Crippen LogP contribution in [-0.4, -0.2) is 45.1 Å². The summed E-state index contributed by atoms with van der Waals surface area (Å²) in [6, 6.07) is 4.54. The minimum Gasteiger partial charge on any atom is -0.490 e. The number of aliphatic hydroxyl groups excluding tert-OH is 1. The van der Waals surface area contributed by atoms with Crippen molar-refractivity contribution in [3.63, 3.8) is 0 Å². The maximum Gasteiger partial charge on any atom is 0.425 e. The minimum absolute atomic E-state index is 0.0524. The lowest BCUT2D eigenvalue weighted by Crippen LogP contribution is -2.46. The second-order valence-corrected chi connectivity index (χ2v) is 10.8. The first-order valence-corrected chi connectivity index (χ1v) is 12.8. The number of alkyl halides is 3. The number of carboxylic acid groups (broad SMARTS) is 1. The fraction of sp³-hybridized carbons (Fsp3) is 0.393. The fourth-order valence-electron chi connectivity index (χ4n) is 4.47. The SMILES string of the molecule is CC(C)(C)OC(=O)N(C(=O)O)c1cc2c(CN[C@H]3C[C@H](Oc4ccc(F)c(C(F)(F)F)c4)C3)c(F)cc(CO)c2cn1. The Labute approximate surface area is 236 Å². The van der Waals surface area contributed by atoms with Gasteiger partial charge in [-0.15, -0.1) is 0 Å². The predicted molar refractivity (Wildman–Crippen MR) is 140 cm³/mol. The maximum atomic E-state index is 15.2. The second-order valence-electron chi connectivity index (χ2n) is 10.8. The van der Waals surface area contributed by atoms with Crippen LogP contribution >= 0.6 is 0 Å². The molecule has 226 valence electrons. The molecule has 1 fully saturated rings. The summed E-state index contributed by atoms with van der Waals surface area (Å²) in [7, 11) is 0. The standard InChI is InChI=1S/C28H28F5N3O6/c1-27(2,3)42-26(40)36(25(38)39)24-10-18-19(11-35-24)14(13-37)6-23(30)20(18)12-34-15-7-17(8-15)41-16-4-5-22(29)21(9-16)28(31,32)33/h4-6,9-11,15,17,34,37H,7-8,12-13H2,1-3H3,(H,38,39)/t15-,17-. The van der Waals surface area contributed by atoms with Crippen LogP contribution in [0.25, 0.3) is 10.8 Å². The summed E-state index contributed by atoms with van der Waals surface area (Å²) in [6.45, 7) is 4.09. The van der Waals surface area contributed by atoms with Gasteiger partial charge < -0.3 is 25.0 Å². The van der Waals surface area contributed by atoms with Crippen molar-refractivity contribution in [3.8, 4) is 5.75 Å². The highest BCUT2D eigenvalue weighted by Crippen LogP contribution is 2.35. The Morgan fingerprint density at radius 3 is 2.36 bits per heavy atom. The van der Waals surface area contributed by atoms with Gasteiger partial charge in [0.2, 0.25) is 0 Å². The molecule has 0 saturated heterocycles. The van der Waals surface area contributed by atoms with Crippen LogP contribution in [0.1, 0.15) is 50.3 Å². The van der Waals surface area contributed by atoms with E-state index >= 15 is 4.39 Å². The third-order valence-corrected chi connectivity index (χ3v) is 6.52. The Kier molecular flexibility index (Phi) is 8.60. The summed E-state index contributed by atoms with van der Waals surface area (Å²) in [5, 5.41) is 23.1. The highest BCUT2D eigenvalue weighted by Gasteiger charge is 2.36. The van der Waals surface area contributed by atoms with E-state index < -0.39 is 53.9 Å². The van der Waals surface area contributed by atoms with E-state index in [0.717, 1.165) is 12.1 Å². The van der Waals surface area contributed by atoms with Crippen molar-refractivity contribution in [1.29, 1.82) is 0 Å². The summed E-state index contributed by atoms with van der Waals surface area (Å²) in [5.41, 5.74) is -2.13. The molecule has 3 aromatic rings. The molecule has 2 amide bonds. The summed E-state index contributed by atoms with van der Waals surface area (Å²) >= 11 is 0. The molecule has 0 spiro atoms. The van der Waals surface area contributed by atoms with Gasteiger partial charge in [-0.25, -0.2) is 23.4 Å². The molecule has 0 radical (unpaired) electrons. The first-order valence-electron chi connectivity index (χ1n) is 12.8. The van der Waals surface area contributed by atoms with E-state index in [4.69, 9.17) is 9.47 Å². The fourth-order valence-corrected chi connectivity index (χ4v) is 4.47. The lowest BCUT2D eigenvalue weighted by Gasteiger charge is -2.36. The van der Waals surface area contributed by atoms with Crippen molar-refractivity contribution >= 4 is 28.8 Å². The lowest BCUT2D eigenvalue weighted by molar-refractivity contribution is -0.140. The van der Waals surface area contributed by atoms with Crippen LogP contribution < -0.4 is 15.0 Å². The Morgan fingerprint density at radius 2 is 1.76 bits per heavy atom. The zero-order valence-electron chi connectivity index (χ0n) is 22.8. The number of carbonyl (C=O) groups excluding carboxylic acids is 1. The number of pyridine rings is 1. The number of aromatic nitrogens is 1. The molecule has 42 heavy (non-hydrogen) atoms. The van der Waals surface area contributed by atoms with Gasteiger partial charge in [0.05, 0.1) is 12.2 Å². The van der Waals surface area contributed by atoms with Gasteiger partial charge in [0.1, 0.15) is 34.9 Å². The van der Waals surface area contributed by atoms with Gasteiger partial charge in [0, 0.05) is 29.7 Å². The van der Waals surface area contributed by atoms with Gasteiger partial charge in [0.25, 0.3) is 0 Å². The van der Waals surface area contributed by atoms with E-state index in [1.807, 2.05) is 0 Å². The molecule has 1 heterocycles. The summed E-state index contributed by atoms with van der Waals surface area (Å²) in [4.78, 5) is 28.8. The highest BCUT2D eigenvalue weighted by atomic mass is 19.4. The first kappa shape index (κ1) is 30.9. The number of imide groups is 1. The van der Waals surface area contributed by atoms with Crippen LogP contribution in [-0.2, 0) is 24.1 Å². The molecule has 14 heteroatoms. The van der Waals surface area contributed by atoms with Crippen LogP contribution in [0.4, 0.5) is 37.4 Å².